The van der Waals surface area contributed by atoms with Crippen LogP contribution in [0.3, 0.4) is 0 Å². The lowest BCUT2D eigenvalue weighted by molar-refractivity contribution is 0.0938. The Morgan fingerprint density at radius 2 is 1.69 bits per heavy atom. The van der Waals surface area contributed by atoms with E-state index in [4.69, 9.17) is 0 Å². The van der Waals surface area contributed by atoms with Crippen molar-refractivity contribution in [3.63, 3.8) is 0 Å². The lowest BCUT2D eigenvalue weighted by Crippen LogP contribution is -2.41. The maximum atomic E-state index is 12.3. The largest absolute Gasteiger partial charge is 0.379 e. The molecule has 0 unspecified atom stereocenters. The number of nitrogens with zero attached hydrogens (tertiary/aromatic N) is 1. The molecule has 3 aromatic rings. The van der Waals surface area contributed by atoms with Crippen molar-refractivity contribution in [2.45, 2.75) is 20.8 Å². The summed E-state index contributed by atoms with van der Waals surface area (Å²) in [6, 6.07) is 10.9. The Bertz CT molecular complexity index is 1070. The molecular formula is C22H24N4O3. The van der Waals surface area contributed by atoms with Crippen molar-refractivity contribution in [1.29, 1.82) is 0 Å². The van der Waals surface area contributed by atoms with Crippen molar-refractivity contribution in [2.75, 3.05) is 23.7 Å². The van der Waals surface area contributed by atoms with Crippen molar-refractivity contribution in [3.8, 4) is 0 Å². The Hall–Kier alpha value is -3.48. The van der Waals surface area contributed by atoms with Crippen LogP contribution in [0.2, 0.25) is 0 Å². The highest BCUT2D eigenvalue weighted by atomic mass is 16.2. The van der Waals surface area contributed by atoms with E-state index in [-0.39, 0.29) is 22.7 Å². The molecule has 0 aliphatic heterocycles. The minimum absolute atomic E-state index is 0.147. The maximum Gasteiger partial charge on any atom is 0.253 e. The lowest BCUT2D eigenvalue weighted by atomic mass is 9.93. The Balaban J connectivity index is 1.58. The van der Waals surface area contributed by atoms with Gasteiger partial charge in [-0.15, -0.1) is 0 Å². The van der Waals surface area contributed by atoms with Gasteiger partial charge in [-0.3, -0.25) is 19.4 Å². The Morgan fingerprint density at radius 3 is 2.34 bits per heavy atom. The van der Waals surface area contributed by atoms with E-state index in [9.17, 15) is 14.4 Å². The number of nitrogens with one attached hydrogen (secondary N) is 3. The number of pyridine rings is 1. The molecule has 1 amide bonds. The molecule has 1 aromatic heterocycles. The molecule has 3 N–H and O–H groups in total. The second-order valence-electron chi connectivity index (χ2n) is 7.84. The first-order valence-electron chi connectivity index (χ1n) is 9.36. The van der Waals surface area contributed by atoms with Crippen LogP contribution in [-0.2, 0) is 0 Å². The zero-order valence-electron chi connectivity index (χ0n) is 16.7. The van der Waals surface area contributed by atoms with Gasteiger partial charge in [-0.05, 0) is 36.6 Å². The van der Waals surface area contributed by atoms with Gasteiger partial charge in [-0.25, -0.2) is 0 Å². The number of hydrogen-bond acceptors (Lipinski definition) is 6. The van der Waals surface area contributed by atoms with E-state index in [1.165, 1.54) is 0 Å². The summed E-state index contributed by atoms with van der Waals surface area (Å²) < 4.78 is 0. The van der Waals surface area contributed by atoms with Crippen LogP contribution >= 0.6 is 0 Å². The molecule has 2 aromatic carbocycles. The molecule has 29 heavy (non-hydrogen) atoms. The first kappa shape index (κ1) is 20.3. The Morgan fingerprint density at radius 1 is 1.00 bits per heavy atom. The zero-order chi connectivity index (χ0) is 21.0. The number of carbonyl (C=O) groups is 1. The molecule has 1 heterocycles. The summed E-state index contributed by atoms with van der Waals surface area (Å²) in [5, 5.41) is 8.91. The van der Waals surface area contributed by atoms with Gasteiger partial charge in [0, 0.05) is 24.8 Å². The lowest BCUT2D eigenvalue weighted by Gasteiger charge is -2.27. The molecule has 0 aliphatic carbocycles. The molecule has 0 bridgehead atoms. The number of anilines is 3. The van der Waals surface area contributed by atoms with Crippen molar-refractivity contribution in [1.82, 2.24) is 10.3 Å². The minimum Gasteiger partial charge on any atom is -0.379 e. The van der Waals surface area contributed by atoms with Crippen molar-refractivity contribution in [3.05, 3.63) is 80.4 Å². The molecule has 0 fully saturated rings. The van der Waals surface area contributed by atoms with Gasteiger partial charge in [-0.2, -0.15) is 0 Å². The molecule has 150 valence electrons. The Labute approximate surface area is 168 Å². The summed E-state index contributed by atoms with van der Waals surface area (Å²) in [6.45, 7) is 6.72. The van der Waals surface area contributed by atoms with Gasteiger partial charge >= 0.3 is 0 Å². The Kier molecular flexibility index (Phi) is 5.77. The van der Waals surface area contributed by atoms with Crippen molar-refractivity contribution < 1.29 is 4.79 Å². The standard InChI is InChI=1S/C22H24N4O3/c1-14-6-8-15(9-7-14)21(29)25-13-22(2,3)12-24-17-18(20(28)19(17)27)26-16-5-4-10-23-11-16/h4-11,24,26H,12-13H2,1-3H3,(H,25,29). The third-order valence-electron chi connectivity index (χ3n) is 4.63. The van der Waals surface area contributed by atoms with Crippen LogP contribution in [0.15, 0.2) is 58.4 Å². The zero-order valence-corrected chi connectivity index (χ0v) is 16.7. The van der Waals surface area contributed by atoms with E-state index >= 15 is 0 Å². The van der Waals surface area contributed by atoms with Crippen molar-refractivity contribution in [2.24, 2.45) is 5.41 Å². The first-order chi connectivity index (χ1) is 13.8. The summed E-state index contributed by atoms with van der Waals surface area (Å²) in [5.41, 5.74) is 1.38. The van der Waals surface area contributed by atoms with E-state index in [0.29, 0.717) is 24.3 Å². The van der Waals surface area contributed by atoms with Crippen LogP contribution in [0.25, 0.3) is 0 Å². The normalized spacial score (nSPS) is 11.3. The molecule has 0 saturated carbocycles. The van der Waals surface area contributed by atoms with Crippen molar-refractivity contribution >= 4 is 23.0 Å². The van der Waals surface area contributed by atoms with E-state index < -0.39 is 10.9 Å². The summed E-state index contributed by atoms with van der Waals surface area (Å²) in [5.74, 6) is -0.147. The van der Waals surface area contributed by atoms with Gasteiger partial charge in [0.15, 0.2) is 0 Å². The van der Waals surface area contributed by atoms with E-state index in [2.05, 4.69) is 20.9 Å². The minimum atomic E-state index is -0.554. The number of carbonyl (C=O) groups excluding carboxylic acids is 1. The van der Waals surface area contributed by atoms with Crippen LogP contribution in [0.1, 0.15) is 29.8 Å². The molecule has 0 radical (unpaired) electrons. The fourth-order valence-electron chi connectivity index (χ4n) is 2.78. The topological polar surface area (TPSA) is 100 Å². The molecule has 0 saturated heterocycles. The highest BCUT2D eigenvalue weighted by molar-refractivity contribution is 5.94. The number of rotatable bonds is 8. The summed E-state index contributed by atoms with van der Waals surface area (Å²) in [7, 11) is 0. The smallest absolute Gasteiger partial charge is 0.253 e. The monoisotopic (exact) mass is 392 g/mol. The quantitative estimate of drug-likeness (QED) is 0.510. The fourth-order valence-corrected chi connectivity index (χ4v) is 2.78. The number of hydrogen-bond donors (Lipinski definition) is 3. The van der Waals surface area contributed by atoms with Gasteiger partial charge in [0.1, 0.15) is 11.4 Å². The van der Waals surface area contributed by atoms with Gasteiger partial charge in [0.25, 0.3) is 16.8 Å². The van der Waals surface area contributed by atoms with Crippen LogP contribution in [-0.4, -0.2) is 24.0 Å². The molecule has 0 spiro atoms. The summed E-state index contributed by atoms with van der Waals surface area (Å²) >= 11 is 0. The van der Waals surface area contributed by atoms with Gasteiger partial charge in [-0.1, -0.05) is 31.5 Å². The second kappa shape index (κ2) is 8.26. The van der Waals surface area contributed by atoms with Crippen LogP contribution in [0, 0.1) is 12.3 Å². The average Bonchev–Trinajstić information content (AvgIpc) is 2.72. The molecule has 3 rings (SSSR count). The molecule has 0 aliphatic rings. The van der Waals surface area contributed by atoms with Gasteiger partial charge in [0.05, 0.1) is 11.9 Å². The summed E-state index contributed by atoms with van der Waals surface area (Å²) in [4.78, 5) is 40.2. The highest BCUT2D eigenvalue weighted by Crippen LogP contribution is 2.22. The van der Waals surface area contributed by atoms with Gasteiger partial charge in [0.2, 0.25) is 0 Å². The molecule has 7 nitrogen and oxygen atoms in total. The SMILES string of the molecule is Cc1ccc(C(=O)NCC(C)(C)CNc2c(Nc3cccnc3)c(=O)c2=O)cc1. The fraction of sp³-hybridized carbons (Fsp3) is 0.273. The van der Waals surface area contributed by atoms with E-state index in [0.717, 1.165) is 5.56 Å². The van der Waals surface area contributed by atoms with Crippen LogP contribution < -0.4 is 26.8 Å². The van der Waals surface area contributed by atoms with Crippen LogP contribution in [0.5, 0.6) is 0 Å². The van der Waals surface area contributed by atoms with Crippen LogP contribution in [0.4, 0.5) is 17.1 Å². The molecular weight excluding hydrogens is 368 g/mol. The number of amides is 1. The maximum absolute atomic E-state index is 12.3. The van der Waals surface area contributed by atoms with Gasteiger partial charge < -0.3 is 16.0 Å². The molecule has 7 heteroatoms. The number of aromatic nitrogens is 1. The first-order valence-corrected chi connectivity index (χ1v) is 9.36. The third-order valence-corrected chi connectivity index (χ3v) is 4.63. The highest BCUT2D eigenvalue weighted by Gasteiger charge is 2.25. The number of benzene rings is 1. The van der Waals surface area contributed by atoms with E-state index in [1.54, 1.807) is 36.7 Å². The third kappa shape index (κ3) is 4.87. The predicted molar refractivity (Wildman–Crippen MR) is 115 cm³/mol. The van der Waals surface area contributed by atoms with E-state index in [1.807, 2.05) is 32.9 Å². The average molecular weight is 392 g/mol. The molecule has 0 atom stereocenters. The number of aryl methyl sites for hydroxylation is 1. The summed E-state index contributed by atoms with van der Waals surface area (Å²) in [6.07, 6.45) is 3.20. The predicted octanol–water partition coefficient (Wildman–Crippen LogP) is 2.60. The second-order valence-corrected chi connectivity index (χ2v) is 7.84.